The standard InChI is InChI=1S/C19H27ClN2O5/c1-25-7-6-22-17(23)9-13-8-15-19(26-13)18(24)16(27-15)11-21-10-12-4-2-3-5-14(12)20/h2-5,13,15-16,18-19,21,24H,6-11H2,1H3,(H,22,23). The van der Waals surface area contributed by atoms with Crippen molar-refractivity contribution >= 4 is 17.5 Å². The number of ether oxygens (including phenoxy) is 3. The quantitative estimate of drug-likeness (QED) is 0.535. The van der Waals surface area contributed by atoms with Crippen LogP contribution in [0.1, 0.15) is 18.4 Å². The molecule has 0 aliphatic carbocycles. The van der Waals surface area contributed by atoms with Crippen LogP contribution in [0.2, 0.25) is 5.02 Å². The van der Waals surface area contributed by atoms with Gasteiger partial charge >= 0.3 is 0 Å². The Morgan fingerprint density at radius 3 is 2.93 bits per heavy atom. The number of hydrogen-bond acceptors (Lipinski definition) is 6. The smallest absolute Gasteiger partial charge is 0.222 e. The number of amides is 1. The van der Waals surface area contributed by atoms with Crippen molar-refractivity contribution in [2.75, 3.05) is 26.8 Å². The summed E-state index contributed by atoms with van der Waals surface area (Å²) in [6, 6.07) is 7.64. The van der Waals surface area contributed by atoms with E-state index in [1.54, 1.807) is 7.11 Å². The average Bonchev–Trinajstić information content (AvgIpc) is 3.16. The first-order valence-corrected chi connectivity index (χ1v) is 9.65. The van der Waals surface area contributed by atoms with Gasteiger partial charge in [-0.1, -0.05) is 29.8 Å². The highest BCUT2D eigenvalue weighted by molar-refractivity contribution is 6.31. The number of fused-ring (bicyclic) bond motifs is 1. The van der Waals surface area contributed by atoms with Crippen LogP contribution in [0.25, 0.3) is 0 Å². The fourth-order valence-corrected chi connectivity index (χ4v) is 3.77. The largest absolute Gasteiger partial charge is 0.388 e. The summed E-state index contributed by atoms with van der Waals surface area (Å²) in [4.78, 5) is 11.9. The topological polar surface area (TPSA) is 89.1 Å². The molecule has 1 aromatic rings. The number of aliphatic hydroxyl groups excluding tert-OH is 1. The SMILES string of the molecule is COCCNC(=O)CC1CC2OC(CNCc3ccccc3Cl)C(O)C2O1. The highest BCUT2D eigenvalue weighted by Crippen LogP contribution is 2.35. The maximum absolute atomic E-state index is 11.9. The molecule has 2 fully saturated rings. The minimum Gasteiger partial charge on any atom is -0.388 e. The molecule has 5 unspecified atom stereocenters. The van der Waals surface area contributed by atoms with Gasteiger partial charge in [-0.2, -0.15) is 0 Å². The molecule has 27 heavy (non-hydrogen) atoms. The first-order chi connectivity index (χ1) is 13.1. The van der Waals surface area contributed by atoms with Crippen molar-refractivity contribution in [3.8, 4) is 0 Å². The first-order valence-electron chi connectivity index (χ1n) is 9.27. The van der Waals surface area contributed by atoms with Crippen molar-refractivity contribution < 1.29 is 24.1 Å². The number of halogens is 1. The molecule has 8 heteroatoms. The number of nitrogens with one attached hydrogen (secondary N) is 2. The lowest BCUT2D eigenvalue weighted by Crippen LogP contribution is -2.39. The summed E-state index contributed by atoms with van der Waals surface area (Å²) in [5.74, 6) is -0.0792. The van der Waals surface area contributed by atoms with Gasteiger partial charge in [0, 0.05) is 38.2 Å². The van der Waals surface area contributed by atoms with Crippen LogP contribution >= 0.6 is 11.6 Å². The zero-order chi connectivity index (χ0) is 19.2. The summed E-state index contributed by atoms with van der Waals surface area (Å²) in [6.07, 6.45) is -0.955. The number of benzene rings is 1. The minimum atomic E-state index is -0.713. The maximum atomic E-state index is 11.9. The van der Waals surface area contributed by atoms with Crippen molar-refractivity contribution in [2.45, 2.75) is 49.9 Å². The first kappa shape index (κ1) is 20.5. The van der Waals surface area contributed by atoms with Gasteiger partial charge in [-0.05, 0) is 11.6 Å². The molecule has 0 bridgehead atoms. The molecule has 5 atom stereocenters. The van der Waals surface area contributed by atoms with Gasteiger partial charge in [0.1, 0.15) is 12.2 Å². The van der Waals surface area contributed by atoms with Crippen LogP contribution in [0.5, 0.6) is 0 Å². The third-order valence-electron chi connectivity index (χ3n) is 4.94. The van der Waals surface area contributed by atoms with E-state index in [1.165, 1.54) is 0 Å². The van der Waals surface area contributed by atoms with Crippen molar-refractivity contribution in [3.63, 3.8) is 0 Å². The van der Waals surface area contributed by atoms with E-state index in [4.69, 9.17) is 25.8 Å². The van der Waals surface area contributed by atoms with Crippen molar-refractivity contribution in [3.05, 3.63) is 34.9 Å². The zero-order valence-electron chi connectivity index (χ0n) is 15.4. The molecule has 2 saturated heterocycles. The highest BCUT2D eigenvalue weighted by Gasteiger charge is 2.50. The lowest BCUT2D eigenvalue weighted by molar-refractivity contribution is -0.124. The van der Waals surface area contributed by atoms with E-state index in [9.17, 15) is 9.90 Å². The van der Waals surface area contributed by atoms with E-state index in [2.05, 4.69) is 10.6 Å². The molecule has 0 aromatic heterocycles. The lowest BCUT2D eigenvalue weighted by Gasteiger charge is -2.20. The van der Waals surface area contributed by atoms with Crippen molar-refractivity contribution in [1.29, 1.82) is 0 Å². The third-order valence-corrected chi connectivity index (χ3v) is 5.31. The van der Waals surface area contributed by atoms with E-state index in [1.807, 2.05) is 24.3 Å². The number of rotatable bonds is 9. The number of hydrogen-bond donors (Lipinski definition) is 3. The Hall–Kier alpha value is -1.22. The van der Waals surface area contributed by atoms with Gasteiger partial charge in [0.25, 0.3) is 0 Å². The fraction of sp³-hybridized carbons (Fsp3) is 0.632. The summed E-state index contributed by atoms with van der Waals surface area (Å²) in [5, 5.41) is 17.3. The molecule has 0 radical (unpaired) electrons. The minimum absolute atomic E-state index is 0.0792. The molecular weight excluding hydrogens is 372 g/mol. The predicted molar refractivity (Wildman–Crippen MR) is 101 cm³/mol. The molecule has 2 heterocycles. The Labute approximate surface area is 164 Å². The van der Waals surface area contributed by atoms with Crippen LogP contribution in [0.15, 0.2) is 24.3 Å². The molecule has 1 amide bonds. The summed E-state index contributed by atoms with van der Waals surface area (Å²) in [6.45, 7) is 2.07. The fourth-order valence-electron chi connectivity index (χ4n) is 3.57. The molecule has 2 aliphatic rings. The highest BCUT2D eigenvalue weighted by atomic mass is 35.5. The number of carbonyl (C=O) groups excluding carboxylic acids is 1. The molecule has 3 rings (SSSR count). The summed E-state index contributed by atoms with van der Waals surface area (Å²) in [7, 11) is 1.59. The van der Waals surface area contributed by atoms with Crippen LogP contribution in [0.4, 0.5) is 0 Å². The van der Waals surface area contributed by atoms with Gasteiger partial charge < -0.3 is 30.0 Å². The summed E-state index contributed by atoms with van der Waals surface area (Å²) in [5.41, 5.74) is 1.00. The van der Waals surface area contributed by atoms with Crippen LogP contribution in [-0.2, 0) is 25.5 Å². The molecule has 0 spiro atoms. The predicted octanol–water partition coefficient (Wildman–Crippen LogP) is 0.868. The summed E-state index contributed by atoms with van der Waals surface area (Å²) < 4.78 is 16.7. The normalized spacial score (nSPS) is 29.7. The Balaban J connectivity index is 1.39. The van der Waals surface area contributed by atoms with E-state index < -0.39 is 6.10 Å². The molecule has 2 aliphatic heterocycles. The van der Waals surface area contributed by atoms with E-state index in [0.717, 1.165) is 5.56 Å². The monoisotopic (exact) mass is 398 g/mol. The van der Waals surface area contributed by atoms with Gasteiger partial charge in [-0.25, -0.2) is 0 Å². The van der Waals surface area contributed by atoms with E-state index in [0.29, 0.717) is 37.7 Å². The van der Waals surface area contributed by atoms with Gasteiger partial charge in [-0.3, -0.25) is 4.79 Å². The molecule has 1 aromatic carbocycles. The third kappa shape index (κ3) is 5.40. The Morgan fingerprint density at radius 1 is 1.37 bits per heavy atom. The second-order valence-corrected chi connectivity index (χ2v) is 7.34. The second kappa shape index (κ2) is 9.82. The maximum Gasteiger partial charge on any atom is 0.222 e. The number of carbonyl (C=O) groups is 1. The number of methoxy groups -OCH3 is 1. The lowest BCUT2D eigenvalue weighted by atomic mass is 10.1. The number of aliphatic hydroxyl groups is 1. The Kier molecular flexibility index (Phi) is 7.46. The van der Waals surface area contributed by atoms with E-state index >= 15 is 0 Å². The Morgan fingerprint density at radius 2 is 2.19 bits per heavy atom. The van der Waals surface area contributed by atoms with E-state index in [-0.39, 0.29) is 36.7 Å². The van der Waals surface area contributed by atoms with Crippen molar-refractivity contribution in [2.24, 2.45) is 0 Å². The van der Waals surface area contributed by atoms with Crippen LogP contribution in [0, 0.1) is 0 Å². The molecule has 3 N–H and O–H groups in total. The van der Waals surface area contributed by atoms with Gasteiger partial charge in [0.05, 0.1) is 31.3 Å². The molecule has 7 nitrogen and oxygen atoms in total. The van der Waals surface area contributed by atoms with Crippen LogP contribution < -0.4 is 10.6 Å². The molecular formula is C19H27ClN2O5. The van der Waals surface area contributed by atoms with Crippen LogP contribution in [0.3, 0.4) is 0 Å². The molecule has 150 valence electrons. The van der Waals surface area contributed by atoms with Crippen LogP contribution in [-0.4, -0.2) is 68.3 Å². The average molecular weight is 399 g/mol. The summed E-state index contributed by atoms with van der Waals surface area (Å²) >= 11 is 6.14. The Bertz CT molecular complexity index is 632. The second-order valence-electron chi connectivity index (χ2n) is 6.93. The van der Waals surface area contributed by atoms with Gasteiger partial charge in [0.15, 0.2) is 0 Å². The van der Waals surface area contributed by atoms with Gasteiger partial charge in [-0.15, -0.1) is 0 Å². The molecule has 0 saturated carbocycles. The zero-order valence-corrected chi connectivity index (χ0v) is 16.2. The van der Waals surface area contributed by atoms with Crippen molar-refractivity contribution in [1.82, 2.24) is 10.6 Å². The van der Waals surface area contributed by atoms with Gasteiger partial charge in [0.2, 0.25) is 5.91 Å².